The minimum absolute atomic E-state index is 0.585. The van der Waals surface area contributed by atoms with E-state index < -0.39 is 0 Å². The quantitative estimate of drug-likeness (QED) is 0.410. The van der Waals surface area contributed by atoms with Crippen LogP contribution in [0.15, 0.2) is 12.5 Å². The Kier molecular flexibility index (Phi) is 10.7. The van der Waals surface area contributed by atoms with Crippen LogP contribution in [0.25, 0.3) is 0 Å². The van der Waals surface area contributed by atoms with Gasteiger partial charge in [0.25, 0.3) is 0 Å². The van der Waals surface area contributed by atoms with Crippen molar-refractivity contribution < 1.29 is 14.2 Å². The van der Waals surface area contributed by atoms with Crippen molar-refractivity contribution in [3.05, 3.63) is 12.5 Å². The van der Waals surface area contributed by atoms with Gasteiger partial charge in [-0.2, -0.15) is 0 Å². The summed E-state index contributed by atoms with van der Waals surface area (Å²) in [6.45, 7) is 6.81. The van der Waals surface area contributed by atoms with Crippen molar-refractivity contribution in [2.24, 2.45) is 0 Å². The average Bonchev–Trinajstić information content (AvgIpc) is 2.16. The minimum atomic E-state index is 0.585. The second kappa shape index (κ2) is 11.3. The first kappa shape index (κ1) is 12.3. The van der Waals surface area contributed by atoms with Crippen LogP contribution in [-0.2, 0) is 14.2 Å². The summed E-state index contributed by atoms with van der Waals surface area (Å²) >= 11 is 0. The van der Waals surface area contributed by atoms with Gasteiger partial charge in [-0.3, -0.25) is 0 Å². The normalized spacial score (nSPS) is 10.6. The van der Waals surface area contributed by atoms with Crippen LogP contribution in [0.1, 0.15) is 26.7 Å². The Balaban J connectivity index is 2.95. The Hall–Kier alpha value is -0.700. The first-order valence-electron chi connectivity index (χ1n) is 4.87. The molecule has 0 bridgehead atoms. The fraction of sp³-hybridized carbons (Fsp3) is 0.800. The highest BCUT2D eigenvalue weighted by Crippen LogP contribution is 1.88. The molecular weight excluding hydrogens is 168 g/mol. The molecule has 0 spiro atoms. The molecule has 0 aliphatic heterocycles. The molecule has 0 atom stereocenters. The van der Waals surface area contributed by atoms with Crippen molar-refractivity contribution in [3.8, 4) is 0 Å². The summed E-state index contributed by atoms with van der Waals surface area (Å²) in [5.41, 5.74) is 0. The summed E-state index contributed by atoms with van der Waals surface area (Å²) in [7, 11) is 0. The Bertz CT molecular complexity index is 113. The minimum Gasteiger partial charge on any atom is -0.498 e. The maximum absolute atomic E-state index is 5.13. The van der Waals surface area contributed by atoms with Crippen LogP contribution in [0, 0.1) is 0 Å². The number of hydrogen-bond acceptors (Lipinski definition) is 3. The van der Waals surface area contributed by atoms with Crippen LogP contribution >= 0.6 is 0 Å². The van der Waals surface area contributed by atoms with Gasteiger partial charge in [0.15, 0.2) is 0 Å². The zero-order valence-corrected chi connectivity index (χ0v) is 8.62. The van der Waals surface area contributed by atoms with E-state index in [1.54, 1.807) is 12.5 Å². The van der Waals surface area contributed by atoms with Crippen LogP contribution in [0.3, 0.4) is 0 Å². The summed E-state index contributed by atoms with van der Waals surface area (Å²) < 4.78 is 15.3. The first-order chi connectivity index (χ1) is 6.41. The highest BCUT2D eigenvalue weighted by atomic mass is 16.5. The Morgan fingerprint density at radius 1 is 0.923 bits per heavy atom. The maximum Gasteiger partial charge on any atom is 0.117 e. The Morgan fingerprint density at radius 2 is 1.62 bits per heavy atom. The van der Waals surface area contributed by atoms with Gasteiger partial charge in [0.05, 0.1) is 13.2 Å². The van der Waals surface area contributed by atoms with E-state index in [2.05, 4.69) is 6.92 Å². The molecule has 0 heterocycles. The lowest BCUT2D eigenvalue weighted by atomic mass is 10.4. The predicted molar refractivity (Wildman–Crippen MR) is 52.4 cm³/mol. The third-order valence-electron chi connectivity index (χ3n) is 1.41. The Morgan fingerprint density at radius 3 is 2.23 bits per heavy atom. The van der Waals surface area contributed by atoms with Crippen molar-refractivity contribution in [3.63, 3.8) is 0 Å². The summed E-state index contributed by atoms with van der Waals surface area (Å²) in [6.07, 6.45) is 5.39. The number of rotatable bonds is 9. The van der Waals surface area contributed by atoms with Gasteiger partial charge in [-0.15, -0.1) is 0 Å². The number of unbranched alkanes of at least 4 members (excludes halogenated alkanes) is 1. The van der Waals surface area contributed by atoms with Gasteiger partial charge in [-0.1, -0.05) is 13.3 Å². The molecule has 0 N–H and O–H groups in total. The van der Waals surface area contributed by atoms with E-state index in [9.17, 15) is 0 Å². The third-order valence-corrected chi connectivity index (χ3v) is 1.41. The molecule has 0 aromatic rings. The molecule has 0 unspecified atom stereocenters. The molecule has 0 amide bonds. The van der Waals surface area contributed by atoms with Gasteiger partial charge >= 0.3 is 0 Å². The largest absolute Gasteiger partial charge is 0.498 e. The molecule has 0 saturated carbocycles. The van der Waals surface area contributed by atoms with Crippen LogP contribution < -0.4 is 0 Å². The predicted octanol–water partition coefficient (Wildman–Crippen LogP) is 2.33. The summed E-state index contributed by atoms with van der Waals surface area (Å²) in [6, 6.07) is 0. The van der Waals surface area contributed by atoms with Crippen LogP contribution in [-0.4, -0.2) is 26.4 Å². The SMILES string of the molecule is CCCCO/C=C/OCCOCC. The molecule has 0 fully saturated rings. The summed E-state index contributed by atoms with van der Waals surface area (Å²) in [4.78, 5) is 0. The van der Waals surface area contributed by atoms with Gasteiger partial charge in [0.2, 0.25) is 0 Å². The van der Waals surface area contributed by atoms with Crippen molar-refractivity contribution in [1.29, 1.82) is 0 Å². The topological polar surface area (TPSA) is 27.7 Å². The van der Waals surface area contributed by atoms with Crippen molar-refractivity contribution in [2.75, 3.05) is 26.4 Å². The lowest BCUT2D eigenvalue weighted by Crippen LogP contribution is -2.00. The average molecular weight is 188 g/mol. The van der Waals surface area contributed by atoms with E-state index in [1.807, 2.05) is 6.92 Å². The molecule has 0 saturated heterocycles. The molecule has 0 aromatic heterocycles. The molecular formula is C10H20O3. The van der Waals surface area contributed by atoms with E-state index in [1.165, 1.54) is 0 Å². The van der Waals surface area contributed by atoms with Crippen molar-refractivity contribution >= 4 is 0 Å². The monoisotopic (exact) mass is 188 g/mol. The molecule has 0 radical (unpaired) electrons. The Labute approximate surface area is 80.7 Å². The number of hydrogen-bond donors (Lipinski definition) is 0. The lowest BCUT2D eigenvalue weighted by Gasteiger charge is -2.01. The molecule has 0 aliphatic rings. The van der Waals surface area contributed by atoms with E-state index in [4.69, 9.17) is 14.2 Å². The van der Waals surface area contributed by atoms with Crippen LogP contribution in [0.2, 0.25) is 0 Å². The van der Waals surface area contributed by atoms with Gasteiger partial charge in [-0.05, 0) is 13.3 Å². The summed E-state index contributed by atoms with van der Waals surface area (Å²) in [5.74, 6) is 0. The van der Waals surface area contributed by atoms with Gasteiger partial charge < -0.3 is 14.2 Å². The zero-order valence-electron chi connectivity index (χ0n) is 8.62. The lowest BCUT2D eigenvalue weighted by molar-refractivity contribution is 0.0899. The molecule has 0 aromatic carbocycles. The van der Waals surface area contributed by atoms with Gasteiger partial charge in [-0.25, -0.2) is 0 Å². The smallest absolute Gasteiger partial charge is 0.117 e. The first-order valence-corrected chi connectivity index (χ1v) is 4.87. The van der Waals surface area contributed by atoms with Gasteiger partial charge in [0.1, 0.15) is 19.1 Å². The van der Waals surface area contributed by atoms with Crippen molar-refractivity contribution in [2.45, 2.75) is 26.7 Å². The molecule has 0 rings (SSSR count). The van der Waals surface area contributed by atoms with Crippen LogP contribution in [0.5, 0.6) is 0 Å². The second-order valence-corrected chi connectivity index (χ2v) is 2.56. The van der Waals surface area contributed by atoms with E-state index in [0.717, 1.165) is 26.1 Å². The van der Waals surface area contributed by atoms with E-state index in [-0.39, 0.29) is 0 Å². The molecule has 78 valence electrons. The standard InChI is InChI=1S/C10H20O3/c1-3-5-6-12-9-10-13-8-7-11-4-2/h9-10H,3-8H2,1-2H3/b10-9+. The highest BCUT2D eigenvalue weighted by Gasteiger charge is 1.83. The van der Waals surface area contributed by atoms with E-state index >= 15 is 0 Å². The molecule has 13 heavy (non-hydrogen) atoms. The van der Waals surface area contributed by atoms with Gasteiger partial charge in [0, 0.05) is 6.61 Å². The zero-order chi connectivity index (χ0) is 9.78. The fourth-order valence-corrected chi connectivity index (χ4v) is 0.694. The fourth-order valence-electron chi connectivity index (χ4n) is 0.694. The van der Waals surface area contributed by atoms with E-state index in [0.29, 0.717) is 13.2 Å². The molecule has 3 heteroatoms. The number of ether oxygens (including phenoxy) is 3. The second-order valence-electron chi connectivity index (χ2n) is 2.56. The maximum atomic E-state index is 5.13. The highest BCUT2D eigenvalue weighted by molar-refractivity contribution is 4.60. The van der Waals surface area contributed by atoms with Crippen molar-refractivity contribution in [1.82, 2.24) is 0 Å². The molecule has 0 aliphatic carbocycles. The third kappa shape index (κ3) is 11.3. The molecule has 3 nitrogen and oxygen atoms in total. The van der Waals surface area contributed by atoms with Crippen LogP contribution in [0.4, 0.5) is 0 Å². The summed E-state index contributed by atoms with van der Waals surface area (Å²) in [5, 5.41) is 0.